The fourth-order valence-corrected chi connectivity index (χ4v) is 7.11. The van der Waals surface area contributed by atoms with Crippen molar-refractivity contribution in [3.05, 3.63) is 65.7 Å². The lowest BCUT2D eigenvalue weighted by Gasteiger charge is -2.28. The van der Waals surface area contributed by atoms with Crippen molar-refractivity contribution in [2.75, 3.05) is 13.2 Å². The molecule has 10 atom stereocenters. The van der Waals surface area contributed by atoms with Crippen LogP contribution >= 0.6 is 0 Å². The molecule has 9 amide bonds. The second kappa shape index (κ2) is 30.6. The van der Waals surface area contributed by atoms with Crippen molar-refractivity contribution in [3.8, 4) is 5.75 Å². The number of aliphatic hydroxyl groups excluding tert-OH is 1. The van der Waals surface area contributed by atoms with Crippen molar-refractivity contribution in [1.29, 1.82) is 0 Å². The van der Waals surface area contributed by atoms with E-state index in [1.165, 1.54) is 31.2 Å². The Morgan fingerprint density at radius 2 is 1.07 bits per heavy atom. The topological polar surface area (TPSA) is 380 Å². The van der Waals surface area contributed by atoms with Gasteiger partial charge in [-0.15, -0.1) is 0 Å². The Bertz CT molecular complexity index is 2160. The normalized spacial score (nSPS) is 15.2. The van der Waals surface area contributed by atoms with Gasteiger partial charge in [-0.2, -0.15) is 0 Å². The maximum absolute atomic E-state index is 14.1. The van der Waals surface area contributed by atoms with Crippen molar-refractivity contribution in [2.24, 2.45) is 29.2 Å². The van der Waals surface area contributed by atoms with Gasteiger partial charge in [0.2, 0.25) is 53.2 Å². The summed E-state index contributed by atoms with van der Waals surface area (Å²) in [5.74, 6) is -10.2. The van der Waals surface area contributed by atoms with Crippen molar-refractivity contribution < 1.29 is 63.3 Å². The van der Waals surface area contributed by atoms with Crippen LogP contribution in [0.3, 0.4) is 0 Å². The predicted molar refractivity (Wildman–Crippen MR) is 264 cm³/mol. The van der Waals surface area contributed by atoms with E-state index in [9.17, 15) is 63.3 Å². The number of nitrogens with one attached hydrogen (secondary N) is 8. The van der Waals surface area contributed by atoms with E-state index in [0.29, 0.717) is 18.4 Å². The summed E-state index contributed by atoms with van der Waals surface area (Å²) in [7, 11) is 0. The Hall–Kier alpha value is -7.14. The largest absolute Gasteiger partial charge is 0.508 e. The number of primary amides is 1. The Morgan fingerprint density at radius 1 is 0.569 bits per heavy atom. The number of aliphatic hydroxyl groups is 1. The van der Waals surface area contributed by atoms with Crippen LogP contribution < -0.4 is 54.0 Å². The molecule has 0 saturated heterocycles. The minimum atomic E-state index is -1.57. The van der Waals surface area contributed by atoms with E-state index in [4.69, 9.17) is 11.5 Å². The quantitative estimate of drug-likeness (QED) is 0.0410. The van der Waals surface area contributed by atoms with E-state index < -0.39 is 139 Å². The number of hydrogen-bond acceptors (Lipinski definition) is 13. The highest BCUT2D eigenvalue weighted by Gasteiger charge is 2.35. The first-order valence-electron chi connectivity index (χ1n) is 24.0. The molecular formula is C49H74N10O13. The number of carboxylic acid groups (broad SMARTS) is 1. The summed E-state index contributed by atoms with van der Waals surface area (Å²) in [6, 6.07) is 4.13. The summed E-state index contributed by atoms with van der Waals surface area (Å²) in [5.41, 5.74) is 12.8. The lowest BCUT2D eigenvalue weighted by molar-refractivity contribution is -0.142. The Labute approximate surface area is 419 Å². The number of aromatic hydroxyl groups is 1. The van der Waals surface area contributed by atoms with Crippen molar-refractivity contribution in [1.82, 2.24) is 42.5 Å². The number of rotatable bonds is 31. The lowest BCUT2D eigenvalue weighted by atomic mass is 9.97. The average Bonchev–Trinajstić information content (AvgIpc) is 3.33. The van der Waals surface area contributed by atoms with Crippen molar-refractivity contribution in [3.63, 3.8) is 0 Å². The summed E-state index contributed by atoms with van der Waals surface area (Å²) in [4.78, 5) is 132. The number of phenols is 1. The molecule has 0 unspecified atom stereocenters. The maximum Gasteiger partial charge on any atom is 0.325 e. The molecule has 0 fully saturated rings. The van der Waals surface area contributed by atoms with E-state index in [1.54, 1.807) is 65.8 Å². The SMILES string of the molecule is CC[C@H](C)[C@H](NC(=O)CNC(=O)[C@H](CO)NC(=O)[C@@H](NC(=O)[C@@H](N)Cc1ccccc1)[C@@H](C)CC)C(=O)N[C@@H](CCC(N)=O)C(=O)N[C@@H](Cc1ccc(O)cc1)C(=O)N[C@@H](CC(C)C)C(=O)N[C@@H](C)C(=O)O. The summed E-state index contributed by atoms with van der Waals surface area (Å²) in [6.07, 6.45) is 0.0678. The minimum Gasteiger partial charge on any atom is -0.508 e. The van der Waals surface area contributed by atoms with Crippen LogP contribution in [-0.2, 0) is 60.8 Å². The number of carboxylic acids is 1. The maximum atomic E-state index is 14.1. The van der Waals surface area contributed by atoms with Crippen LogP contribution in [0.1, 0.15) is 91.7 Å². The zero-order chi connectivity index (χ0) is 54.2. The van der Waals surface area contributed by atoms with Crippen LogP contribution in [0.25, 0.3) is 0 Å². The Morgan fingerprint density at radius 3 is 1.60 bits per heavy atom. The molecule has 23 nitrogen and oxygen atoms in total. The fourth-order valence-electron chi connectivity index (χ4n) is 7.11. The molecule has 0 aliphatic rings. The second-order valence-electron chi connectivity index (χ2n) is 18.3. The number of carbonyl (C=O) groups excluding carboxylic acids is 9. The van der Waals surface area contributed by atoms with Crippen molar-refractivity contribution in [2.45, 2.75) is 142 Å². The zero-order valence-corrected chi connectivity index (χ0v) is 42.0. The molecule has 2 rings (SSSR count). The summed E-state index contributed by atoms with van der Waals surface area (Å²) in [5, 5.41) is 49.2. The molecule has 0 spiro atoms. The van der Waals surface area contributed by atoms with Crippen LogP contribution in [-0.4, -0.2) is 136 Å². The third-order valence-corrected chi connectivity index (χ3v) is 11.9. The summed E-state index contributed by atoms with van der Waals surface area (Å²) in [6.45, 7) is 10.0. The highest BCUT2D eigenvalue weighted by Crippen LogP contribution is 2.15. The molecule has 2 aromatic carbocycles. The van der Waals surface area contributed by atoms with E-state index in [-0.39, 0.29) is 37.4 Å². The van der Waals surface area contributed by atoms with Gasteiger partial charge in [0.05, 0.1) is 19.2 Å². The van der Waals surface area contributed by atoms with Crippen LogP contribution in [0.2, 0.25) is 0 Å². The Balaban J connectivity index is 2.27. The van der Waals surface area contributed by atoms with Crippen LogP contribution in [0.4, 0.5) is 0 Å². The van der Waals surface area contributed by atoms with Crippen LogP contribution in [0.5, 0.6) is 5.75 Å². The lowest BCUT2D eigenvalue weighted by Crippen LogP contribution is -2.60. The van der Waals surface area contributed by atoms with Crippen LogP contribution in [0, 0.1) is 17.8 Å². The average molecular weight is 1010 g/mol. The fraction of sp³-hybridized carbons (Fsp3) is 0.551. The molecule has 0 heterocycles. The van der Waals surface area contributed by atoms with Gasteiger partial charge in [-0.1, -0.05) is 96.8 Å². The molecule has 0 bridgehead atoms. The standard InChI is InChI=1S/C49H74N10O13/c1-8-27(5)40(58-39(63)24-52-43(65)37(25-60)57-48(70)41(28(6)9-2)59-42(64)33(50)22-30-13-11-10-12-14-30)47(69)54-34(19-20-38(51)62)44(66)56-36(23-31-15-17-32(61)18-16-31)46(68)55-35(21-26(3)4)45(67)53-29(7)49(71)72/h10-18,26-29,33-37,40-41,60-61H,8-9,19-25,50H2,1-7H3,(H2,51,62)(H,52,65)(H,53,67)(H,54,69)(H,55,68)(H,56,66)(H,57,70)(H,58,63)(H,59,64)(H,71,72)/t27-,28-,29-,33-,34-,35-,36-,37-,40-,41-/m0/s1. The molecule has 0 aliphatic heterocycles. The smallest absolute Gasteiger partial charge is 0.325 e. The second-order valence-corrected chi connectivity index (χ2v) is 18.3. The van der Waals surface area contributed by atoms with Gasteiger partial charge in [-0.3, -0.25) is 47.9 Å². The van der Waals surface area contributed by atoms with Gasteiger partial charge < -0.3 is 69.3 Å². The molecule has 72 heavy (non-hydrogen) atoms. The predicted octanol–water partition coefficient (Wildman–Crippen LogP) is -1.48. The minimum absolute atomic E-state index is 0.0813. The van der Waals surface area contributed by atoms with Gasteiger partial charge in [0.25, 0.3) is 0 Å². The zero-order valence-electron chi connectivity index (χ0n) is 42.0. The first-order valence-corrected chi connectivity index (χ1v) is 24.0. The number of benzene rings is 2. The van der Waals surface area contributed by atoms with Gasteiger partial charge in [0, 0.05) is 12.8 Å². The van der Waals surface area contributed by atoms with E-state index in [2.05, 4.69) is 42.5 Å². The molecule has 2 aromatic rings. The molecular weight excluding hydrogens is 937 g/mol. The number of nitrogens with two attached hydrogens (primary N) is 2. The number of amides is 9. The summed E-state index contributed by atoms with van der Waals surface area (Å²) < 4.78 is 0. The first-order chi connectivity index (χ1) is 33.9. The molecule has 0 saturated carbocycles. The van der Waals surface area contributed by atoms with E-state index >= 15 is 0 Å². The number of phenolic OH excluding ortho intramolecular Hbond substituents is 1. The highest BCUT2D eigenvalue weighted by molar-refractivity contribution is 5.98. The monoisotopic (exact) mass is 1010 g/mol. The van der Waals surface area contributed by atoms with Crippen molar-refractivity contribution >= 4 is 59.1 Å². The van der Waals surface area contributed by atoms with Gasteiger partial charge in [0.1, 0.15) is 48.0 Å². The molecule has 0 aromatic heterocycles. The molecule has 398 valence electrons. The number of carbonyl (C=O) groups is 10. The van der Waals surface area contributed by atoms with Gasteiger partial charge in [-0.25, -0.2) is 0 Å². The first kappa shape index (κ1) is 61.0. The van der Waals surface area contributed by atoms with Gasteiger partial charge in [0.15, 0.2) is 0 Å². The van der Waals surface area contributed by atoms with Gasteiger partial charge >= 0.3 is 5.97 Å². The molecule has 15 N–H and O–H groups in total. The third kappa shape index (κ3) is 21.1. The number of hydrogen-bond donors (Lipinski definition) is 13. The van der Waals surface area contributed by atoms with E-state index in [1.807, 2.05) is 6.07 Å². The highest BCUT2D eigenvalue weighted by atomic mass is 16.4. The third-order valence-electron chi connectivity index (χ3n) is 11.9. The molecule has 23 heteroatoms. The Kier molecular flexibility index (Phi) is 25.9. The van der Waals surface area contributed by atoms with E-state index in [0.717, 1.165) is 5.56 Å². The molecule has 0 radical (unpaired) electrons. The van der Waals surface area contributed by atoms with Crippen LogP contribution in [0.15, 0.2) is 54.6 Å². The summed E-state index contributed by atoms with van der Waals surface area (Å²) >= 11 is 0. The molecule has 0 aliphatic carbocycles. The van der Waals surface area contributed by atoms with Gasteiger partial charge in [-0.05, 0) is 67.2 Å². The number of aliphatic carboxylic acids is 1.